The highest BCUT2D eigenvalue weighted by Gasteiger charge is 2.17. The molecule has 6 heteroatoms. The van der Waals surface area contributed by atoms with Crippen molar-refractivity contribution in [3.8, 4) is 5.75 Å². The van der Waals surface area contributed by atoms with Crippen molar-refractivity contribution in [2.45, 2.75) is 6.92 Å². The molecule has 0 aliphatic carbocycles. The van der Waals surface area contributed by atoms with Crippen LogP contribution in [0.3, 0.4) is 0 Å². The van der Waals surface area contributed by atoms with Gasteiger partial charge in [-0.05, 0) is 35.0 Å². The summed E-state index contributed by atoms with van der Waals surface area (Å²) < 4.78 is 4.86. The topological polar surface area (TPSA) is 83.8 Å². The standard InChI is InChI=1S/C10H9BrO5/c1-2-16-10(15)5-3-6(9(13)14)8(12)7(11)4-5/h3-4,12H,2H2,1H3,(H,13,14). The molecule has 0 saturated heterocycles. The maximum absolute atomic E-state index is 11.4. The Morgan fingerprint density at radius 1 is 1.44 bits per heavy atom. The lowest BCUT2D eigenvalue weighted by molar-refractivity contribution is 0.0526. The van der Waals surface area contributed by atoms with Gasteiger partial charge in [-0.25, -0.2) is 9.59 Å². The van der Waals surface area contributed by atoms with Crippen molar-refractivity contribution in [1.29, 1.82) is 0 Å². The van der Waals surface area contributed by atoms with Gasteiger partial charge in [0.05, 0.1) is 16.6 Å². The summed E-state index contributed by atoms with van der Waals surface area (Å²) in [5.74, 6) is -2.37. The van der Waals surface area contributed by atoms with Crippen molar-refractivity contribution >= 4 is 27.9 Å². The summed E-state index contributed by atoms with van der Waals surface area (Å²) in [5, 5.41) is 18.2. The molecular formula is C10H9BrO5. The molecule has 5 nitrogen and oxygen atoms in total. The molecule has 1 aromatic rings. The number of aromatic hydroxyl groups is 1. The maximum atomic E-state index is 11.4. The molecule has 0 aromatic heterocycles. The third kappa shape index (κ3) is 2.52. The van der Waals surface area contributed by atoms with E-state index in [0.717, 1.165) is 6.07 Å². The number of ether oxygens (including phenoxy) is 1. The summed E-state index contributed by atoms with van der Waals surface area (Å²) in [6, 6.07) is 2.38. The van der Waals surface area contributed by atoms with E-state index in [1.807, 2.05) is 0 Å². The van der Waals surface area contributed by atoms with E-state index in [2.05, 4.69) is 15.9 Å². The Bertz CT molecular complexity index is 441. The predicted octanol–water partition coefficient (Wildman–Crippen LogP) is 2.03. The second kappa shape index (κ2) is 4.98. The van der Waals surface area contributed by atoms with Crippen LogP contribution in [0.1, 0.15) is 27.6 Å². The SMILES string of the molecule is CCOC(=O)c1cc(Br)c(O)c(C(=O)O)c1. The Hall–Kier alpha value is -1.56. The van der Waals surface area contributed by atoms with Gasteiger partial charge in [0, 0.05) is 0 Å². The lowest BCUT2D eigenvalue weighted by Crippen LogP contribution is -2.07. The monoisotopic (exact) mass is 288 g/mol. The highest BCUT2D eigenvalue weighted by Crippen LogP contribution is 2.29. The number of rotatable bonds is 3. The van der Waals surface area contributed by atoms with Crippen LogP contribution in [0.15, 0.2) is 16.6 Å². The lowest BCUT2D eigenvalue weighted by Gasteiger charge is -2.06. The van der Waals surface area contributed by atoms with E-state index in [1.165, 1.54) is 6.07 Å². The number of carbonyl (C=O) groups is 2. The van der Waals surface area contributed by atoms with Crippen LogP contribution in [0.25, 0.3) is 0 Å². The average Bonchev–Trinajstić information content (AvgIpc) is 2.21. The van der Waals surface area contributed by atoms with Gasteiger partial charge in [-0.15, -0.1) is 0 Å². The van der Waals surface area contributed by atoms with Gasteiger partial charge in [-0.3, -0.25) is 0 Å². The maximum Gasteiger partial charge on any atom is 0.339 e. The quantitative estimate of drug-likeness (QED) is 0.832. The van der Waals surface area contributed by atoms with Crippen molar-refractivity contribution in [3.63, 3.8) is 0 Å². The summed E-state index contributed by atoms with van der Waals surface area (Å²) in [5.41, 5.74) is -0.277. The van der Waals surface area contributed by atoms with E-state index >= 15 is 0 Å². The van der Waals surface area contributed by atoms with Gasteiger partial charge < -0.3 is 14.9 Å². The van der Waals surface area contributed by atoms with Crippen molar-refractivity contribution in [1.82, 2.24) is 0 Å². The number of hydrogen-bond acceptors (Lipinski definition) is 4. The number of aromatic carboxylic acids is 1. The Morgan fingerprint density at radius 3 is 2.56 bits per heavy atom. The van der Waals surface area contributed by atoms with Crippen molar-refractivity contribution in [2.24, 2.45) is 0 Å². The number of hydrogen-bond donors (Lipinski definition) is 2. The van der Waals surface area contributed by atoms with Crippen molar-refractivity contribution in [2.75, 3.05) is 6.61 Å². The summed E-state index contributed by atoms with van der Waals surface area (Å²) >= 11 is 2.96. The summed E-state index contributed by atoms with van der Waals surface area (Å²) in [6.07, 6.45) is 0. The first-order valence-corrected chi connectivity index (χ1v) is 5.19. The minimum Gasteiger partial charge on any atom is -0.506 e. The van der Waals surface area contributed by atoms with Gasteiger partial charge in [0.1, 0.15) is 11.3 Å². The third-order valence-corrected chi connectivity index (χ3v) is 2.41. The number of carbonyl (C=O) groups excluding carboxylic acids is 1. The largest absolute Gasteiger partial charge is 0.506 e. The minimum atomic E-state index is -1.32. The molecular weight excluding hydrogens is 280 g/mol. The van der Waals surface area contributed by atoms with Gasteiger partial charge in [-0.1, -0.05) is 0 Å². The third-order valence-electron chi connectivity index (χ3n) is 1.80. The van der Waals surface area contributed by atoms with E-state index in [4.69, 9.17) is 9.84 Å². The Kier molecular flexibility index (Phi) is 3.89. The van der Waals surface area contributed by atoms with Gasteiger partial charge in [0.2, 0.25) is 0 Å². The van der Waals surface area contributed by atoms with Crippen LogP contribution in [-0.2, 0) is 4.74 Å². The molecule has 0 spiro atoms. The smallest absolute Gasteiger partial charge is 0.339 e. The Morgan fingerprint density at radius 2 is 2.06 bits per heavy atom. The molecule has 0 amide bonds. The van der Waals surface area contributed by atoms with Crippen LogP contribution in [0.4, 0.5) is 0 Å². The predicted molar refractivity (Wildman–Crippen MR) is 58.7 cm³/mol. The fourth-order valence-electron chi connectivity index (χ4n) is 1.09. The van der Waals surface area contributed by atoms with E-state index in [1.54, 1.807) is 6.92 Å². The molecule has 2 N–H and O–H groups in total. The summed E-state index contributed by atoms with van der Waals surface area (Å²) in [7, 11) is 0. The van der Waals surface area contributed by atoms with Crippen LogP contribution >= 0.6 is 15.9 Å². The molecule has 0 aliphatic heterocycles. The van der Waals surface area contributed by atoms with Crippen LogP contribution in [-0.4, -0.2) is 28.8 Å². The number of esters is 1. The van der Waals surface area contributed by atoms with E-state index in [9.17, 15) is 14.7 Å². The summed E-state index contributed by atoms with van der Waals surface area (Å²) in [6.45, 7) is 1.84. The molecule has 1 rings (SSSR count). The molecule has 0 bridgehead atoms. The number of benzene rings is 1. The van der Waals surface area contributed by atoms with E-state index in [-0.39, 0.29) is 22.2 Å². The highest BCUT2D eigenvalue weighted by molar-refractivity contribution is 9.10. The van der Waals surface area contributed by atoms with Gasteiger partial charge in [0.25, 0.3) is 0 Å². The van der Waals surface area contributed by atoms with E-state index < -0.39 is 17.7 Å². The number of carboxylic acid groups (broad SMARTS) is 1. The zero-order valence-corrected chi connectivity index (χ0v) is 9.94. The molecule has 0 unspecified atom stereocenters. The number of phenols is 1. The zero-order valence-electron chi connectivity index (χ0n) is 8.36. The lowest BCUT2D eigenvalue weighted by atomic mass is 10.1. The summed E-state index contributed by atoms with van der Waals surface area (Å²) in [4.78, 5) is 22.1. The normalized spacial score (nSPS) is 9.88. The van der Waals surface area contributed by atoms with Crippen LogP contribution < -0.4 is 0 Å². The molecule has 0 atom stereocenters. The van der Waals surface area contributed by atoms with Gasteiger partial charge >= 0.3 is 11.9 Å². The molecule has 1 aromatic carbocycles. The molecule has 0 saturated carbocycles. The van der Waals surface area contributed by atoms with Gasteiger partial charge in [0.15, 0.2) is 0 Å². The molecule has 16 heavy (non-hydrogen) atoms. The van der Waals surface area contributed by atoms with Crippen molar-refractivity contribution < 1.29 is 24.5 Å². The van der Waals surface area contributed by atoms with Gasteiger partial charge in [-0.2, -0.15) is 0 Å². The van der Waals surface area contributed by atoms with Crippen LogP contribution in [0.2, 0.25) is 0 Å². The minimum absolute atomic E-state index is 0.0731. The fraction of sp³-hybridized carbons (Fsp3) is 0.200. The zero-order chi connectivity index (χ0) is 12.3. The number of halogens is 1. The first kappa shape index (κ1) is 12.5. The highest BCUT2D eigenvalue weighted by atomic mass is 79.9. The number of carboxylic acids is 1. The Balaban J connectivity index is 3.24. The van der Waals surface area contributed by atoms with Crippen molar-refractivity contribution in [3.05, 3.63) is 27.7 Å². The molecule has 0 fully saturated rings. The average molecular weight is 289 g/mol. The fourth-order valence-corrected chi connectivity index (χ4v) is 1.55. The second-order valence-corrected chi connectivity index (χ2v) is 3.73. The first-order valence-electron chi connectivity index (χ1n) is 4.40. The molecule has 0 radical (unpaired) electrons. The molecule has 86 valence electrons. The van der Waals surface area contributed by atoms with Crippen LogP contribution in [0.5, 0.6) is 5.75 Å². The molecule has 0 aliphatic rings. The first-order chi connectivity index (χ1) is 7.47. The van der Waals surface area contributed by atoms with Crippen LogP contribution in [0, 0.1) is 0 Å². The van der Waals surface area contributed by atoms with E-state index in [0.29, 0.717) is 0 Å². The Labute approximate surface area is 99.8 Å². The second-order valence-electron chi connectivity index (χ2n) is 2.88. The molecule has 0 heterocycles.